The molecule has 4 rings (SSSR count). The molecule has 0 aliphatic rings. The van der Waals surface area contributed by atoms with E-state index in [2.05, 4.69) is 67.9 Å². The normalized spacial score (nSPS) is 12.9. The highest BCUT2D eigenvalue weighted by Gasteiger charge is 2.24. The van der Waals surface area contributed by atoms with Gasteiger partial charge in [0.1, 0.15) is 0 Å². The molecule has 0 N–H and O–H groups in total. The van der Waals surface area contributed by atoms with Crippen LogP contribution in [0.2, 0.25) is 0 Å². The maximum absolute atomic E-state index is 5.54. The van der Waals surface area contributed by atoms with Gasteiger partial charge in [0.25, 0.3) is 0 Å². The first-order chi connectivity index (χ1) is 14.4. The summed E-state index contributed by atoms with van der Waals surface area (Å²) in [5, 5.41) is 16.0. The Hall–Kier alpha value is -2.67. The summed E-state index contributed by atoms with van der Waals surface area (Å²) in [6, 6.07) is 8.14. The summed E-state index contributed by atoms with van der Waals surface area (Å²) in [5.74, 6) is 1.30. The van der Waals surface area contributed by atoms with Crippen LogP contribution in [0.15, 0.2) is 34.9 Å². The van der Waals surface area contributed by atoms with Crippen molar-refractivity contribution in [2.75, 3.05) is 18.0 Å². The van der Waals surface area contributed by atoms with Crippen molar-refractivity contribution < 1.29 is 4.42 Å². The van der Waals surface area contributed by atoms with Gasteiger partial charge in [0.15, 0.2) is 11.4 Å². The quantitative estimate of drug-likeness (QED) is 0.422. The number of unbranched alkanes of at least 4 members (excludes halogenated alkanes) is 1. The summed E-state index contributed by atoms with van der Waals surface area (Å²) in [5.41, 5.74) is 1.65. The van der Waals surface area contributed by atoms with Crippen molar-refractivity contribution in [3.05, 3.63) is 46.3 Å². The van der Waals surface area contributed by atoms with E-state index in [1.165, 1.54) is 22.7 Å². The van der Waals surface area contributed by atoms with Gasteiger partial charge in [0.2, 0.25) is 5.82 Å². The van der Waals surface area contributed by atoms with Gasteiger partial charge in [0.05, 0.1) is 17.0 Å². The van der Waals surface area contributed by atoms with Crippen LogP contribution in [0.3, 0.4) is 0 Å². The number of rotatable bonds is 7. The molecule has 0 saturated carbocycles. The van der Waals surface area contributed by atoms with Crippen LogP contribution in [0, 0.1) is 0 Å². The van der Waals surface area contributed by atoms with Crippen molar-refractivity contribution in [2.45, 2.75) is 52.9 Å². The Morgan fingerprint density at radius 3 is 2.67 bits per heavy atom. The van der Waals surface area contributed by atoms with Crippen LogP contribution in [0.4, 0.5) is 5.00 Å². The first kappa shape index (κ1) is 20.6. The summed E-state index contributed by atoms with van der Waals surface area (Å²) >= 11 is 1.81. The van der Waals surface area contributed by atoms with Crippen LogP contribution in [0.1, 0.15) is 58.0 Å². The molecule has 6 nitrogen and oxygen atoms in total. The molecule has 4 aromatic heterocycles. The van der Waals surface area contributed by atoms with Crippen molar-refractivity contribution in [1.82, 2.24) is 19.8 Å². The average molecular weight is 424 g/mol. The highest BCUT2D eigenvalue weighted by Crippen LogP contribution is 2.28. The van der Waals surface area contributed by atoms with Crippen LogP contribution in [0.5, 0.6) is 0 Å². The number of furan rings is 1. The number of fused-ring (bicyclic) bond motifs is 1. The van der Waals surface area contributed by atoms with Crippen molar-refractivity contribution in [2.24, 2.45) is 0 Å². The molecule has 0 bridgehead atoms. The number of hydrogen-bond donors (Lipinski definition) is 0. The molecule has 7 heteroatoms. The lowest BCUT2D eigenvalue weighted by Gasteiger charge is -2.20. The Bertz CT molecular complexity index is 1170. The number of aromatic nitrogens is 4. The fourth-order valence-corrected chi connectivity index (χ4v) is 4.59. The predicted octanol–water partition coefficient (Wildman–Crippen LogP) is 4.92. The van der Waals surface area contributed by atoms with Gasteiger partial charge >= 0.3 is 0 Å². The largest absolute Gasteiger partial charge is 0.461 e. The molecule has 0 aliphatic carbocycles. The lowest BCUT2D eigenvalue weighted by atomic mass is 9.91. The third-order valence-corrected chi connectivity index (χ3v) is 6.26. The van der Waals surface area contributed by atoms with Gasteiger partial charge in [-0.05, 0) is 43.7 Å². The molecule has 30 heavy (non-hydrogen) atoms. The van der Waals surface area contributed by atoms with Crippen molar-refractivity contribution in [1.29, 1.82) is 0 Å². The van der Waals surface area contributed by atoms with Crippen LogP contribution in [0.25, 0.3) is 23.3 Å². The zero-order valence-electron chi connectivity index (χ0n) is 18.3. The standard InChI is InChI=1S/C23H29N5OS/c1-6-8-13-27(7-2)19-12-11-16(30-19)15-17-20(23(3,4)5)26-28-21(17)24-25-22(28)18-10-9-14-29-18/h9-12,14-15H,6-8,13H2,1-5H3/b17-15-. The van der Waals surface area contributed by atoms with Crippen molar-refractivity contribution in [3.8, 4) is 11.6 Å². The van der Waals surface area contributed by atoms with Crippen LogP contribution >= 0.6 is 11.3 Å². The van der Waals surface area contributed by atoms with E-state index >= 15 is 0 Å². The molecule has 0 atom stereocenters. The maximum atomic E-state index is 5.54. The summed E-state index contributed by atoms with van der Waals surface area (Å²) in [6.45, 7) is 13.1. The molecular weight excluding hydrogens is 394 g/mol. The van der Waals surface area contributed by atoms with Gasteiger partial charge in [-0.1, -0.05) is 34.1 Å². The molecule has 0 radical (unpaired) electrons. The topological polar surface area (TPSA) is 59.5 Å². The minimum atomic E-state index is -0.121. The molecule has 0 saturated heterocycles. The highest BCUT2D eigenvalue weighted by molar-refractivity contribution is 7.16. The molecular formula is C23H29N5OS. The Labute approximate surface area is 181 Å². The Balaban J connectivity index is 1.81. The first-order valence-electron chi connectivity index (χ1n) is 10.6. The lowest BCUT2D eigenvalue weighted by molar-refractivity contribution is 0.554. The Morgan fingerprint density at radius 2 is 2.00 bits per heavy atom. The molecule has 0 fully saturated rings. The number of thiophene rings is 1. The minimum absolute atomic E-state index is 0.121. The maximum Gasteiger partial charge on any atom is 0.220 e. The van der Waals surface area contributed by atoms with E-state index in [-0.39, 0.29) is 5.41 Å². The van der Waals surface area contributed by atoms with Crippen LogP contribution in [-0.2, 0) is 5.41 Å². The molecule has 0 unspecified atom stereocenters. The Kier molecular flexibility index (Phi) is 5.64. The van der Waals surface area contributed by atoms with E-state index in [9.17, 15) is 0 Å². The van der Waals surface area contributed by atoms with E-state index in [4.69, 9.17) is 9.52 Å². The second-order valence-corrected chi connectivity index (χ2v) is 9.60. The van der Waals surface area contributed by atoms with Gasteiger partial charge in [-0.2, -0.15) is 9.61 Å². The van der Waals surface area contributed by atoms with Gasteiger partial charge in [-0.25, -0.2) is 0 Å². The number of hydrogen-bond acceptors (Lipinski definition) is 6. The summed E-state index contributed by atoms with van der Waals surface area (Å²) in [6.07, 6.45) is 6.26. The van der Waals surface area contributed by atoms with Gasteiger partial charge in [0, 0.05) is 28.6 Å². The third kappa shape index (κ3) is 3.86. The molecule has 4 aromatic rings. The molecule has 4 heterocycles. The second-order valence-electron chi connectivity index (χ2n) is 8.50. The summed E-state index contributed by atoms with van der Waals surface area (Å²) in [7, 11) is 0. The average Bonchev–Trinajstić information content (AvgIpc) is 3.47. The van der Waals surface area contributed by atoms with E-state index in [1.54, 1.807) is 10.8 Å². The lowest BCUT2D eigenvalue weighted by Crippen LogP contribution is -2.22. The van der Waals surface area contributed by atoms with E-state index < -0.39 is 0 Å². The Morgan fingerprint density at radius 1 is 1.17 bits per heavy atom. The van der Waals surface area contributed by atoms with E-state index in [0.717, 1.165) is 29.6 Å². The third-order valence-electron chi connectivity index (χ3n) is 5.16. The van der Waals surface area contributed by atoms with Gasteiger partial charge in [-0.3, -0.25) is 0 Å². The van der Waals surface area contributed by atoms with Gasteiger partial charge in [-0.15, -0.1) is 21.5 Å². The first-order valence-corrected chi connectivity index (χ1v) is 11.4. The molecule has 0 spiro atoms. The SMILES string of the molecule is CCCCN(CC)c1ccc(/C=c2/c(C(C)(C)C)nn3c(-c4ccco4)nnc23)s1. The van der Waals surface area contributed by atoms with Crippen molar-refractivity contribution in [3.63, 3.8) is 0 Å². The molecule has 0 amide bonds. The van der Waals surface area contributed by atoms with Gasteiger partial charge < -0.3 is 9.32 Å². The zero-order valence-corrected chi connectivity index (χ0v) is 19.2. The van der Waals surface area contributed by atoms with Crippen LogP contribution in [-0.4, -0.2) is 32.9 Å². The highest BCUT2D eigenvalue weighted by atomic mass is 32.1. The molecule has 0 aromatic carbocycles. The predicted molar refractivity (Wildman–Crippen MR) is 123 cm³/mol. The van der Waals surface area contributed by atoms with E-state index in [0.29, 0.717) is 11.6 Å². The molecule has 0 aliphatic heterocycles. The summed E-state index contributed by atoms with van der Waals surface area (Å²) < 4.78 is 7.34. The summed E-state index contributed by atoms with van der Waals surface area (Å²) in [4.78, 5) is 3.64. The monoisotopic (exact) mass is 423 g/mol. The van der Waals surface area contributed by atoms with Crippen molar-refractivity contribution >= 4 is 28.1 Å². The smallest absolute Gasteiger partial charge is 0.220 e. The fourth-order valence-electron chi connectivity index (χ4n) is 3.55. The van der Waals surface area contributed by atoms with Crippen LogP contribution < -0.4 is 10.1 Å². The molecule has 158 valence electrons. The fraction of sp³-hybridized carbons (Fsp3) is 0.435. The zero-order chi connectivity index (χ0) is 21.3. The van der Waals surface area contributed by atoms with E-state index in [1.807, 2.05) is 23.5 Å². The minimum Gasteiger partial charge on any atom is -0.461 e. The number of nitrogens with zero attached hydrogens (tertiary/aromatic N) is 5. The second kappa shape index (κ2) is 8.22. The number of anilines is 1.